The number of nitrogens with one attached hydrogen (secondary N) is 2. The standard InChI is InChI=1S/C32H30N4O9S/c1-31(2)32(33-19-37,30(41)45-18-20-9-5-3-6-10-20)35-27(39)25(28(35)46-31)34-26(38)24(22-11-7-4-8-12-22)29(40)44-17-21-13-15-23(16-14-21)36(42)43/h3-16,19,24-25,28H,17-18H2,1-2H3,(H,33,37)(H,34,38)/t24?,25-,28-,32+/m1/s1. The van der Waals surface area contributed by atoms with Gasteiger partial charge in [-0.15, -0.1) is 11.8 Å². The lowest BCUT2D eigenvalue weighted by molar-refractivity contribution is -0.384. The fraction of sp³-hybridized carbons (Fsp3) is 0.281. The van der Waals surface area contributed by atoms with Gasteiger partial charge < -0.3 is 20.1 Å². The van der Waals surface area contributed by atoms with Crippen LogP contribution in [0.5, 0.6) is 0 Å². The maximum absolute atomic E-state index is 13.7. The number of thioether (sulfide) groups is 1. The molecule has 3 aromatic carbocycles. The Bertz CT molecular complexity index is 1650. The molecule has 0 radical (unpaired) electrons. The molecule has 5 rings (SSSR count). The van der Waals surface area contributed by atoms with Gasteiger partial charge in [0.1, 0.15) is 24.6 Å². The van der Waals surface area contributed by atoms with Crippen LogP contribution in [-0.2, 0) is 46.7 Å². The minimum atomic E-state index is -1.86. The van der Waals surface area contributed by atoms with Crippen LogP contribution < -0.4 is 10.6 Å². The summed E-state index contributed by atoms with van der Waals surface area (Å²) in [6.07, 6.45) is 0.333. The summed E-state index contributed by atoms with van der Waals surface area (Å²) in [6.45, 7) is 3.03. The Morgan fingerprint density at radius 1 is 0.957 bits per heavy atom. The van der Waals surface area contributed by atoms with Gasteiger partial charge in [0.15, 0.2) is 5.92 Å². The van der Waals surface area contributed by atoms with Crippen molar-refractivity contribution in [3.63, 3.8) is 0 Å². The van der Waals surface area contributed by atoms with Crippen LogP contribution in [0.15, 0.2) is 84.9 Å². The highest BCUT2D eigenvalue weighted by Gasteiger charge is 2.74. The number of amides is 3. The van der Waals surface area contributed by atoms with E-state index in [0.29, 0.717) is 23.1 Å². The molecule has 4 atom stereocenters. The van der Waals surface area contributed by atoms with E-state index >= 15 is 0 Å². The number of fused-ring (bicyclic) bond motifs is 1. The summed E-state index contributed by atoms with van der Waals surface area (Å²) in [5.74, 6) is -4.63. The molecule has 0 spiro atoms. The number of nitro benzene ring substituents is 1. The molecule has 0 aromatic heterocycles. The maximum Gasteiger partial charge on any atom is 0.355 e. The lowest BCUT2D eigenvalue weighted by atomic mass is 9.88. The maximum atomic E-state index is 13.7. The zero-order valence-corrected chi connectivity index (χ0v) is 25.6. The Labute approximate surface area is 267 Å². The predicted octanol–water partition coefficient (Wildman–Crippen LogP) is 2.79. The van der Waals surface area contributed by atoms with Crippen molar-refractivity contribution in [3.05, 3.63) is 112 Å². The molecule has 3 amide bonds. The quantitative estimate of drug-likeness (QED) is 0.0744. The lowest BCUT2D eigenvalue weighted by Crippen LogP contribution is -2.80. The highest BCUT2D eigenvalue weighted by molar-refractivity contribution is 8.01. The summed E-state index contributed by atoms with van der Waals surface area (Å²) in [6, 6.07) is 21.4. The fourth-order valence-corrected chi connectivity index (χ4v) is 7.24. The second-order valence-electron chi connectivity index (χ2n) is 11.1. The predicted molar refractivity (Wildman–Crippen MR) is 164 cm³/mol. The largest absolute Gasteiger partial charge is 0.460 e. The van der Waals surface area contributed by atoms with Gasteiger partial charge in [0.05, 0.1) is 9.67 Å². The fourth-order valence-electron chi connectivity index (χ4n) is 5.54. The Hall–Kier alpha value is -5.24. The van der Waals surface area contributed by atoms with E-state index in [1.807, 2.05) is 6.07 Å². The van der Waals surface area contributed by atoms with Crippen molar-refractivity contribution in [1.82, 2.24) is 15.5 Å². The number of hydrogen-bond donors (Lipinski definition) is 2. The van der Waals surface area contributed by atoms with Crippen molar-refractivity contribution in [2.75, 3.05) is 0 Å². The molecule has 46 heavy (non-hydrogen) atoms. The Morgan fingerprint density at radius 3 is 2.15 bits per heavy atom. The van der Waals surface area contributed by atoms with Gasteiger partial charge >= 0.3 is 11.9 Å². The molecule has 13 nitrogen and oxygen atoms in total. The van der Waals surface area contributed by atoms with E-state index in [1.165, 1.54) is 40.9 Å². The first-order valence-electron chi connectivity index (χ1n) is 14.2. The summed E-state index contributed by atoms with van der Waals surface area (Å²) < 4.78 is 9.93. The number of benzene rings is 3. The van der Waals surface area contributed by atoms with E-state index in [-0.39, 0.29) is 18.9 Å². The van der Waals surface area contributed by atoms with Crippen molar-refractivity contribution >= 4 is 47.6 Å². The lowest BCUT2D eigenvalue weighted by Gasteiger charge is -2.49. The average molecular weight is 647 g/mol. The van der Waals surface area contributed by atoms with E-state index in [1.54, 1.807) is 68.4 Å². The van der Waals surface area contributed by atoms with Crippen LogP contribution in [0.4, 0.5) is 5.69 Å². The molecule has 3 aromatic rings. The molecule has 2 aliphatic heterocycles. The van der Waals surface area contributed by atoms with E-state index in [2.05, 4.69) is 10.6 Å². The van der Waals surface area contributed by atoms with Gasteiger partial charge in [-0.2, -0.15) is 0 Å². The monoisotopic (exact) mass is 646 g/mol. The smallest absolute Gasteiger partial charge is 0.355 e. The summed E-state index contributed by atoms with van der Waals surface area (Å²) >= 11 is 1.20. The van der Waals surface area contributed by atoms with E-state index in [9.17, 15) is 34.1 Å². The van der Waals surface area contributed by atoms with Crippen LogP contribution in [0.3, 0.4) is 0 Å². The van der Waals surface area contributed by atoms with E-state index in [4.69, 9.17) is 9.47 Å². The number of esters is 2. The number of nitrogens with zero attached hydrogens (tertiary/aromatic N) is 2. The third-order valence-corrected chi connectivity index (χ3v) is 9.53. The first kappa shape index (κ1) is 32.2. The van der Waals surface area contributed by atoms with Crippen molar-refractivity contribution in [2.24, 2.45) is 0 Å². The van der Waals surface area contributed by atoms with Gasteiger partial charge in [0, 0.05) is 12.1 Å². The van der Waals surface area contributed by atoms with Gasteiger partial charge in [0.2, 0.25) is 18.0 Å². The van der Waals surface area contributed by atoms with E-state index < -0.39 is 56.4 Å². The number of carbonyl (C=O) groups excluding carboxylic acids is 5. The molecule has 0 aliphatic carbocycles. The summed E-state index contributed by atoms with van der Waals surface area (Å²) in [4.78, 5) is 77.6. The van der Waals surface area contributed by atoms with Gasteiger partial charge in [-0.25, -0.2) is 4.79 Å². The number of carbonyl (C=O) groups is 5. The summed E-state index contributed by atoms with van der Waals surface area (Å²) in [7, 11) is 0. The van der Waals surface area contributed by atoms with Crippen LogP contribution in [0, 0.1) is 10.1 Å². The third-order valence-electron chi connectivity index (χ3n) is 7.92. The molecule has 238 valence electrons. The van der Waals surface area contributed by atoms with Crippen LogP contribution >= 0.6 is 11.8 Å². The molecule has 2 heterocycles. The van der Waals surface area contributed by atoms with Crippen LogP contribution in [0.1, 0.15) is 36.5 Å². The number of β-lactam (4-membered cyclic amide) rings is 1. The Morgan fingerprint density at radius 2 is 1.54 bits per heavy atom. The van der Waals surface area contributed by atoms with Gasteiger partial charge in [0.25, 0.3) is 11.6 Å². The van der Waals surface area contributed by atoms with Gasteiger partial charge in [-0.05, 0) is 42.7 Å². The Kier molecular flexibility index (Phi) is 9.10. The normalized spacial score (nSPS) is 21.6. The minimum absolute atomic E-state index is 0.0870. The van der Waals surface area contributed by atoms with Crippen molar-refractivity contribution in [1.29, 1.82) is 0 Å². The third kappa shape index (κ3) is 5.90. The molecule has 2 aliphatic rings. The zero-order chi connectivity index (χ0) is 33.1. The Balaban J connectivity index is 1.33. The van der Waals surface area contributed by atoms with Gasteiger partial charge in [-0.1, -0.05) is 60.7 Å². The van der Waals surface area contributed by atoms with E-state index in [0.717, 1.165) is 0 Å². The molecule has 0 saturated carbocycles. The molecular weight excluding hydrogens is 616 g/mol. The minimum Gasteiger partial charge on any atom is -0.460 e. The summed E-state index contributed by atoms with van der Waals surface area (Å²) in [5, 5.41) is 15.4. The number of ether oxygens (including phenoxy) is 2. The number of non-ortho nitro benzene ring substituents is 1. The highest BCUT2D eigenvalue weighted by Crippen LogP contribution is 2.56. The number of nitro groups is 1. The average Bonchev–Trinajstić information content (AvgIpc) is 3.26. The second-order valence-corrected chi connectivity index (χ2v) is 12.9. The zero-order valence-electron chi connectivity index (χ0n) is 24.8. The number of hydrogen-bond acceptors (Lipinski definition) is 10. The van der Waals surface area contributed by atoms with Crippen LogP contribution in [0.25, 0.3) is 0 Å². The van der Waals surface area contributed by atoms with Crippen molar-refractivity contribution in [3.8, 4) is 0 Å². The topological polar surface area (TPSA) is 174 Å². The first-order valence-corrected chi connectivity index (χ1v) is 15.1. The molecule has 2 N–H and O–H groups in total. The summed E-state index contributed by atoms with van der Waals surface area (Å²) in [5.41, 5.74) is -0.484. The molecular formula is C32H30N4O9S. The first-order chi connectivity index (χ1) is 22.0. The molecule has 1 unspecified atom stereocenters. The van der Waals surface area contributed by atoms with Gasteiger partial charge in [-0.3, -0.25) is 34.2 Å². The van der Waals surface area contributed by atoms with Crippen molar-refractivity contribution < 1.29 is 38.4 Å². The van der Waals surface area contributed by atoms with Crippen LogP contribution in [-0.4, -0.2) is 61.8 Å². The number of rotatable bonds is 12. The molecule has 14 heteroatoms. The second kappa shape index (κ2) is 13.0. The SMILES string of the molecule is CC1(C)S[C@@H]2[C@H](NC(=O)C(C(=O)OCc3ccc([N+](=O)[O-])cc3)c3ccccc3)C(=O)N2[C@@]1(NC=O)C(=O)OCc1ccccc1. The molecule has 0 bridgehead atoms. The van der Waals surface area contributed by atoms with Crippen molar-refractivity contribution in [2.45, 2.75) is 54.8 Å². The molecule has 2 fully saturated rings. The molecule has 2 saturated heterocycles. The highest BCUT2D eigenvalue weighted by atomic mass is 32.2. The van der Waals surface area contributed by atoms with Crippen LogP contribution in [0.2, 0.25) is 0 Å².